The van der Waals surface area contributed by atoms with Gasteiger partial charge in [-0.3, -0.25) is 14.1 Å². The third-order valence-corrected chi connectivity index (χ3v) is 5.92. The molecule has 0 aliphatic carbocycles. The highest BCUT2D eigenvalue weighted by Gasteiger charge is 2.16. The molecular weight excluding hydrogens is 360 g/mol. The molecule has 0 saturated heterocycles. The Morgan fingerprint density at radius 3 is 2.19 bits per heavy atom. The fourth-order valence-electron chi connectivity index (χ4n) is 2.83. The summed E-state index contributed by atoms with van der Waals surface area (Å²) >= 11 is 0. The van der Waals surface area contributed by atoms with Gasteiger partial charge in [-0.15, -0.1) is 0 Å². The molecule has 0 bridgehead atoms. The second kappa shape index (κ2) is 8.65. The summed E-state index contributed by atoms with van der Waals surface area (Å²) in [5.74, 6) is 0.620. The van der Waals surface area contributed by atoms with Gasteiger partial charge >= 0.3 is 0 Å². The summed E-state index contributed by atoms with van der Waals surface area (Å²) in [7, 11) is -1.82. The first-order chi connectivity index (χ1) is 12.6. The maximum absolute atomic E-state index is 12.4. The molecule has 0 N–H and O–H groups in total. The van der Waals surface area contributed by atoms with E-state index in [9.17, 15) is 13.2 Å². The first-order valence-electron chi connectivity index (χ1n) is 9.08. The molecule has 0 fully saturated rings. The van der Waals surface area contributed by atoms with Gasteiger partial charge in [0.2, 0.25) is 10.0 Å². The lowest BCUT2D eigenvalue weighted by Gasteiger charge is -2.17. The van der Waals surface area contributed by atoms with E-state index in [-0.39, 0.29) is 11.7 Å². The highest BCUT2D eigenvalue weighted by atomic mass is 32.2. The van der Waals surface area contributed by atoms with Crippen LogP contribution >= 0.6 is 0 Å². The smallest absolute Gasteiger partial charge is 0.232 e. The molecule has 0 radical (unpaired) electrons. The van der Waals surface area contributed by atoms with Crippen molar-refractivity contribution in [3.63, 3.8) is 0 Å². The molecule has 146 valence electrons. The first-order valence-corrected chi connectivity index (χ1v) is 10.9. The Morgan fingerprint density at radius 2 is 1.70 bits per heavy atom. The van der Waals surface area contributed by atoms with Crippen molar-refractivity contribution in [1.82, 2.24) is 4.98 Å². The topological polar surface area (TPSA) is 67.3 Å². The zero-order valence-electron chi connectivity index (χ0n) is 16.6. The number of pyridine rings is 1. The van der Waals surface area contributed by atoms with Crippen LogP contribution in [0.4, 0.5) is 5.69 Å². The van der Waals surface area contributed by atoms with Crippen molar-refractivity contribution in [2.75, 3.05) is 17.6 Å². The van der Waals surface area contributed by atoms with Crippen LogP contribution in [-0.2, 0) is 21.2 Å². The number of carbonyl (C=O) groups excluding carboxylic acids is 1. The molecule has 1 atom stereocenters. The SMILES string of the molecule is CC(C)c1ccc(CC(=O)C[C@H](C)c2ccc(N(C)S(C)(=O)=O)cn2)cc1. The summed E-state index contributed by atoms with van der Waals surface area (Å²) < 4.78 is 24.3. The minimum Gasteiger partial charge on any atom is -0.299 e. The van der Waals surface area contributed by atoms with Crippen molar-refractivity contribution in [1.29, 1.82) is 0 Å². The normalized spacial score (nSPS) is 12.8. The third-order valence-electron chi connectivity index (χ3n) is 4.72. The van der Waals surface area contributed by atoms with Gasteiger partial charge in [0, 0.05) is 31.5 Å². The lowest BCUT2D eigenvalue weighted by molar-refractivity contribution is -0.118. The zero-order chi connectivity index (χ0) is 20.2. The Hall–Kier alpha value is -2.21. The van der Waals surface area contributed by atoms with Gasteiger partial charge in [0.25, 0.3) is 0 Å². The van der Waals surface area contributed by atoms with E-state index in [4.69, 9.17) is 0 Å². The first kappa shape index (κ1) is 21.1. The predicted octanol–water partition coefficient (Wildman–Crippen LogP) is 3.91. The van der Waals surface area contributed by atoms with Crippen LogP contribution in [0.2, 0.25) is 0 Å². The number of nitrogens with zero attached hydrogens (tertiary/aromatic N) is 2. The van der Waals surface area contributed by atoms with Crippen molar-refractivity contribution in [2.45, 2.75) is 45.4 Å². The monoisotopic (exact) mass is 388 g/mol. The van der Waals surface area contributed by atoms with E-state index >= 15 is 0 Å². The quantitative estimate of drug-likeness (QED) is 0.688. The van der Waals surface area contributed by atoms with Crippen molar-refractivity contribution in [3.05, 3.63) is 59.4 Å². The van der Waals surface area contributed by atoms with Crippen LogP contribution in [0.1, 0.15) is 55.8 Å². The van der Waals surface area contributed by atoms with E-state index in [1.54, 1.807) is 12.1 Å². The van der Waals surface area contributed by atoms with Crippen LogP contribution in [0.25, 0.3) is 0 Å². The van der Waals surface area contributed by atoms with Crippen molar-refractivity contribution < 1.29 is 13.2 Å². The van der Waals surface area contributed by atoms with Crippen LogP contribution < -0.4 is 4.31 Å². The van der Waals surface area contributed by atoms with Gasteiger partial charge in [0.1, 0.15) is 5.78 Å². The molecular formula is C21H28N2O3S. The predicted molar refractivity (Wildman–Crippen MR) is 110 cm³/mol. The van der Waals surface area contributed by atoms with Crippen LogP contribution in [0.3, 0.4) is 0 Å². The van der Waals surface area contributed by atoms with E-state index < -0.39 is 10.0 Å². The number of benzene rings is 1. The molecule has 27 heavy (non-hydrogen) atoms. The molecule has 5 nitrogen and oxygen atoms in total. The summed E-state index contributed by atoms with van der Waals surface area (Å²) in [5.41, 5.74) is 3.58. The highest BCUT2D eigenvalue weighted by Crippen LogP contribution is 2.22. The summed E-state index contributed by atoms with van der Waals surface area (Å²) in [4.78, 5) is 16.8. The number of carbonyl (C=O) groups is 1. The van der Waals surface area contributed by atoms with Crippen LogP contribution in [0.15, 0.2) is 42.6 Å². The summed E-state index contributed by atoms with van der Waals surface area (Å²) in [6, 6.07) is 11.7. The number of Topliss-reactive ketones (excluding diaryl/α,β-unsaturated/α-hetero) is 1. The van der Waals surface area contributed by atoms with Gasteiger partial charge in [0.05, 0.1) is 18.1 Å². The standard InChI is InChI=1S/C21H28N2O3S/c1-15(2)18-8-6-17(7-9-18)13-20(24)12-16(3)21-11-10-19(14-22-21)23(4)27(5,25)26/h6-11,14-16H,12-13H2,1-5H3/t16-/m0/s1. The molecule has 1 aromatic heterocycles. The Balaban J connectivity index is 1.97. The molecule has 1 aromatic carbocycles. The van der Waals surface area contributed by atoms with Gasteiger partial charge in [-0.1, -0.05) is 45.0 Å². The Labute approximate surface area is 162 Å². The molecule has 0 amide bonds. The van der Waals surface area contributed by atoms with Gasteiger partial charge < -0.3 is 0 Å². The van der Waals surface area contributed by atoms with Crippen molar-refractivity contribution >= 4 is 21.5 Å². The molecule has 6 heteroatoms. The Kier molecular flexibility index (Phi) is 6.76. The Morgan fingerprint density at radius 1 is 1.07 bits per heavy atom. The number of hydrogen-bond acceptors (Lipinski definition) is 4. The average Bonchev–Trinajstić information content (AvgIpc) is 2.60. The zero-order valence-corrected chi connectivity index (χ0v) is 17.5. The van der Waals surface area contributed by atoms with Gasteiger partial charge in [-0.2, -0.15) is 0 Å². The molecule has 1 heterocycles. The Bertz CT molecular complexity index is 873. The number of anilines is 1. The number of rotatable bonds is 8. The fourth-order valence-corrected chi connectivity index (χ4v) is 3.32. The number of hydrogen-bond donors (Lipinski definition) is 0. The fraction of sp³-hybridized carbons (Fsp3) is 0.429. The van der Waals surface area contributed by atoms with Gasteiger partial charge in [0.15, 0.2) is 0 Å². The van der Waals surface area contributed by atoms with Crippen LogP contribution in [0, 0.1) is 0 Å². The number of aromatic nitrogens is 1. The third kappa shape index (κ3) is 5.89. The summed E-state index contributed by atoms with van der Waals surface area (Å²) in [6.45, 7) is 6.25. The van der Waals surface area contributed by atoms with E-state index in [1.165, 1.54) is 23.1 Å². The van der Waals surface area contributed by atoms with Gasteiger partial charge in [-0.25, -0.2) is 8.42 Å². The molecule has 0 spiro atoms. The van der Waals surface area contributed by atoms with Gasteiger partial charge in [-0.05, 0) is 29.2 Å². The summed E-state index contributed by atoms with van der Waals surface area (Å²) in [5, 5.41) is 0. The largest absolute Gasteiger partial charge is 0.299 e. The van der Waals surface area contributed by atoms with E-state index in [2.05, 4.69) is 31.0 Å². The van der Waals surface area contributed by atoms with E-state index in [0.29, 0.717) is 24.4 Å². The van der Waals surface area contributed by atoms with Crippen LogP contribution in [-0.4, -0.2) is 32.5 Å². The molecule has 2 rings (SSSR count). The average molecular weight is 389 g/mol. The maximum atomic E-state index is 12.4. The van der Waals surface area contributed by atoms with Crippen molar-refractivity contribution in [2.24, 2.45) is 0 Å². The molecule has 2 aromatic rings. The van der Waals surface area contributed by atoms with E-state index in [0.717, 1.165) is 17.5 Å². The van der Waals surface area contributed by atoms with Crippen LogP contribution in [0.5, 0.6) is 0 Å². The number of ketones is 1. The molecule has 0 unspecified atom stereocenters. The lowest BCUT2D eigenvalue weighted by atomic mass is 9.95. The minimum absolute atomic E-state index is 0.0231. The van der Waals surface area contributed by atoms with Crippen molar-refractivity contribution in [3.8, 4) is 0 Å². The molecule has 0 aliphatic heterocycles. The summed E-state index contributed by atoms with van der Waals surface area (Å²) in [6.07, 6.45) is 3.50. The van der Waals surface area contributed by atoms with E-state index in [1.807, 2.05) is 19.1 Å². The second-order valence-electron chi connectivity index (χ2n) is 7.39. The molecule has 0 saturated carbocycles. The highest BCUT2D eigenvalue weighted by molar-refractivity contribution is 7.92. The lowest BCUT2D eigenvalue weighted by Crippen LogP contribution is -2.25. The second-order valence-corrected chi connectivity index (χ2v) is 9.40. The molecule has 0 aliphatic rings. The minimum atomic E-state index is -3.31. The maximum Gasteiger partial charge on any atom is 0.232 e. The number of sulfonamides is 1.